The number of hydrogen-bond donors (Lipinski definition) is 1. The summed E-state index contributed by atoms with van der Waals surface area (Å²) in [6.07, 6.45) is -0.252. The maximum absolute atomic E-state index is 12.9. The molecule has 3 nitrogen and oxygen atoms in total. The number of ether oxygens (including phenoxy) is 1. The Morgan fingerprint density at radius 2 is 2.12 bits per heavy atom. The number of halogens is 2. The maximum Gasteiger partial charge on any atom is 0.302 e. The normalized spacial score (nSPS) is 12.2. The van der Waals surface area contributed by atoms with Crippen LogP contribution in [0.4, 0.5) is 8.78 Å². The lowest BCUT2D eigenvalue weighted by atomic mass is 10.2. The van der Waals surface area contributed by atoms with Gasteiger partial charge in [0, 0.05) is 20.0 Å². The molecule has 0 fully saturated rings. The molecule has 5 heteroatoms. The molecule has 94 valence electrons. The van der Waals surface area contributed by atoms with Crippen LogP contribution in [0.15, 0.2) is 18.2 Å². The van der Waals surface area contributed by atoms with Crippen LogP contribution in [0.3, 0.4) is 0 Å². The quantitative estimate of drug-likeness (QED) is 0.804. The van der Waals surface area contributed by atoms with Gasteiger partial charge >= 0.3 is 5.97 Å². The molecular weight excluding hydrogens is 228 g/mol. The third-order valence-electron chi connectivity index (χ3n) is 2.11. The van der Waals surface area contributed by atoms with Gasteiger partial charge in [-0.05, 0) is 24.6 Å². The molecule has 0 radical (unpaired) electrons. The van der Waals surface area contributed by atoms with Gasteiger partial charge in [-0.2, -0.15) is 0 Å². The molecule has 1 aromatic carbocycles. The predicted octanol–water partition coefficient (Wildman–Crippen LogP) is 2.01. The summed E-state index contributed by atoms with van der Waals surface area (Å²) < 4.78 is 30.4. The summed E-state index contributed by atoms with van der Waals surface area (Å²) in [7, 11) is 0. The van der Waals surface area contributed by atoms with Crippen molar-refractivity contribution < 1.29 is 18.3 Å². The van der Waals surface area contributed by atoms with Gasteiger partial charge in [0.25, 0.3) is 0 Å². The highest BCUT2D eigenvalue weighted by molar-refractivity contribution is 5.66. The van der Waals surface area contributed by atoms with E-state index >= 15 is 0 Å². The van der Waals surface area contributed by atoms with Gasteiger partial charge in [-0.1, -0.05) is 6.07 Å². The number of rotatable bonds is 5. The van der Waals surface area contributed by atoms with Crippen molar-refractivity contribution in [2.45, 2.75) is 26.5 Å². The van der Waals surface area contributed by atoms with E-state index in [2.05, 4.69) is 5.32 Å². The number of nitrogens with one attached hydrogen (secondary N) is 1. The van der Waals surface area contributed by atoms with Crippen LogP contribution >= 0.6 is 0 Å². The number of hydrogen-bond acceptors (Lipinski definition) is 3. The Morgan fingerprint density at radius 1 is 1.41 bits per heavy atom. The van der Waals surface area contributed by atoms with Crippen LogP contribution in [0.25, 0.3) is 0 Å². The van der Waals surface area contributed by atoms with Crippen molar-refractivity contribution in [3.05, 3.63) is 35.4 Å². The number of esters is 1. The van der Waals surface area contributed by atoms with Crippen molar-refractivity contribution in [1.29, 1.82) is 0 Å². The zero-order valence-electron chi connectivity index (χ0n) is 9.80. The average molecular weight is 243 g/mol. The van der Waals surface area contributed by atoms with Crippen LogP contribution in [0, 0.1) is 11.6 Å². The van der Waals surface area contributed by atoms with Crippen LogP contribution < -0.4 is 5.32 Å². The van der Waals surface area contributed by atoms with E-state index in [1.165, 1.54) is 13.0 Å². The number of carbonyl (C=O) groups excluding carboxylic acids is 1. The van der Waals surface area contributed by atoms with Crippen molar-refractivity contribution in [2.75, 3.05) is 6.54 Å². The van der Waals surface area contributed by atoms with Gasteiger partial charge in [-0.3, -0.25) is 4.79 Å². The lowest BCUT2D eigenvalue weighted by Gasteiger charge is -2.12. The van der Waals surface area contributed by atoms with Crippen molar-refractivity contribution in [1.82, 2.24) is 5.32 Å². The van der Waals surface area contributed by atoms with E-state index in [9.17, 15) is 13.6 Å². The van der Waals surface area contributed by atoms with Gasteiger partial charge in [0.1, 0.15) is 6.10 Å². The van der Waals surface area contributed by atoms with Crippen LogP contribution in [0.1, 0.15) is 19.4 Å². The van der Waals surface area contributed by atoms with Crippen LogP contribution in [0.5, 0.6) is 0 Å². The summed E-state index contributed by atoms with van der Waals surface area (Å²) in [6.45, 7) is 3.94. The van der Waals surface area contributed by atoms with Gasteiger partial charge in [-0.25, -0.2) is 8.78 Å². The largest absolute Gasteiger partial charge is 0.462 e. The number of carbonyl (C=O) groups is 1. The molecule has 0 heterocycles. The monoisotopic (exact) mass is 243 g/mol. The molecule has 0 spiro atoms. The summed E-state index contributed by atoms with van der Waals surface area (Å²) in [6, 6.07) is 3.72. The van der Waals surface area contributed by atoms with Gasteiger partial charge in [0.15, 0.2) is 11.6 Å². The molecule has 1 N–H and O–H groups in total. The molecule has 0 saturated heterocycles. The van der Waals surface area contributed by atoms with Crippen LogP contribution in [-0.2, 0) is 16.1 Å². The molecule has 0 aliphatic carbocycles. The molecule has 0 aromatic heterocycles. The molecule has 1 rings (SSSR count). The maximum atomic E-state index is 12.9. The van der Waals surface area contributed by atoms with E-state index < -0.39 is 11.6 Å². The highest BCUT2D eigenvalue weighted by atomic mass is 19.2. The van der Waals surface area contributed by atoms with Crippen molar-refractivity contribution in [2.24, 2.45) is 0 Å². The molecule has 0 saturated carbocycles. The molecule has 0 aliphatic heterocycles. The highest BCUT2D eigenvalue weighted by Gasteiger charge is 2.05. The van der Waals surface area contributed by atoms with Crippen LogP contribution in [-0.4, -0.2) is 18.6 Å². The Bertz CT molecular complexity index is 396. The molecular formula is C12H15F2NO2. The van der Waals surface area contributed by atoms with Crippen molar-refractivity contribution in [3.8, 4) is 0 Å². The first kappa shape index (κ1) is 13.6. The van der Waals surface area contributed by atoms with E-state index in [0.29, 0.717) is 18.7 Å². The minimum absolute atomic E-state index is 0.252. The second-order valence-electron chi connectivity index (χ2n) is 3.80. The number of benzene rings is 1. The van der Waals surface area contributed by atoms with Gasteiger partial charge in [0.2, 0.25) is 0 Å². The molecule has 1 atom stereocenters. The minimum atomic E-state index is -0.864. The zero-order valence-corrected chi connectivity index (χ0v) is 9.80. The first-order valence-corrected chi connectivity index (χ1v) is 5.31. The average Bonchev–Trinajstić information content (AvgIpc) is 2.22. The van der Waals surface area contributed by atoms with Crippen molar-refractivity contribution in [3.63, 3.8) is 0 Å². The smallest absolute Gasteiger partial charge is 0.302 e. The van der Waals surface area contributed by atoms with Gasteiger partial charge in [-0.15, -0.1) is 0 Å². The van der Waals surface area contributed by atoms with Crippen LogP contribution in [0.2, 0.25) is 0 Å². The Hall–Kier alpha value is -1.49. The van der Waals surface area contributed by atoms with Gasteiger partial charge < -0.3 is 10.1 Å². The fraction of sp³-hybridized carbons (Fsp3) is 0.417. The summed E-state index contributed by atoms with van der Waals surface area (Å²) >= 11 is 0. The highest BCUT2D eigenvalue weighted by Crippen LogP contribution is 2.08. The molecule has 0 amide bonds. The predicted molar refractivity (Wildman–Crippen MR) is 59.3 cm³/mol. The second-order valence-corrected chi connectivity index (χ2v) is 3.80. The third kappa shape index (κ3) is 4.91. The summed E-state index contributed by atoms with van der Waals surface area (Å²) in [5.41, 5.74) is 0.638. The standard InChI is InChI=1S/C12H15F2NO2/c1-8(17-9(2)16)6-15-7-10-3-4-11(13)12(14)5-10/h3-5,8,15H,6-7H2,1-2H3. The molecule has 1 aromatic rings. The molecule has 17 heavy (non-hydrogen) atoms. The lowest BCUT2D eigenvalue weighted by molar-refractivity contribution is -0.145. The van der Waals surface area contributed by atoms with E-state index in [4.69, 9.17) is 4.74 Å². The molecule has 0 bridgehead atoms. The third-order valence-corrected chi connectivity index (χ3v) is 2.11. The topological polar surface area (TPSA) is 38.3 Å². The lowest BCUT2D eigenvalue weighted by Crippen LogP contribution is -2.27. The van der Waals surface area contributed by atoms with E-state index in [0.717, 1.165) is 12.1 Å². The zero-order chi connectivity index (χ0) is 12.8. The summed E-state index contributed by atoms with van der Waals surface area (Å²) in [4.78, 5) is 10.6. The Morgan fingerprint density at radius 3 is 2.71 bits per heavy atom. The summed E-state index contributed by atoms with van der Waals surface area (Å²) in [5, 5.41) is 2.99. The Kier molecular flexibility index (Phi) is 5.03. The fourth-order valence-corrected chi connectivity index (χ4v) is 1.39. The van der Waals surface area contributed by atoms with E-state index in [1.54, 1.807) is 6.92 Å². The van der Waals surface area contributed by atoms with Gasteiger partial charge in [0.05, 0.1) is 0 Å². The Balaban J connectivity index is 2.35. The first-order chi connectivity index (χ1) is 7.99. The van der Waals surface area contributed by atoms with Crippen molar-refractivity contribution >= 4 is 5.97 Å². The summed E-state index contributed by atoms with van der Waals surface area (Å²) in [5.74, 6) is -2.06. The minimum Gasteiger partial charge on any atom is -0.462 e. The molecule has 1 unspecified atom stereocenters. The van der Waals surface area contributed by atoms with E-state index in [-0.39, 0.29) is 12.1 Å². The Labute approximate surface area is 98.8 Å². The molecule has 0 aliphatic rings. The fourth-order valence-electron chi connectivity index (χ4n) is 1.39. The first-order valence-electron chi connectivity index (χ1n) is 5.31. The second kappa shape index (κ2) is 6.30. The SMILES string of the molecule is CC(=O)OC(C)CNCc1ccc(F)c(F)c1. The van der Waals surface area contributed by atoms with E-state index in [1.807, 2.05) is 0 Å².